The van der Waals surface area contributed by atoms with Crippen LogP contribution in [0, 0.1) is 0 Å². The fraction of sp³-hybridized carbons (Fsp3) is 0.318. The first-order chi connectivity index (χ1) is 13.9. The molecule has 0 aliphatic carbocycles. The molecule has 1 aromatic heterocycles. The molecule has 1 aliphatic heterocycles. The predicted molar refractivity (Wildman–Crippen MR) is 109 cm³/mol. The number of Topliss-reactive ketones (excluding diaryl/α,β-unsaturated/α-hetero) is 1. The predicted octanol–water partition coefficient (Wildman–Crippen LogP) is 2.46. The van der Waals surface area contributed by atoms with Crippen molar-refractivity contribution in [2.75, 3.05) is 34.3 Å². The van der Waals surface area contributed by atoms with E-state index in [0.29, 0.717) is 30.0 Å². The minimum atomic E-state index is -0.722. The average molecular weight is 395 g/mol. The van der Waals surface area contributed by atoms with Gasteiger partial charge in [-0.3, -0.25) is 14.6 Å². The van der Waals surface area contributed by atoms with Crippen LogP contribution >= 0.6 is 0 Å². The number of hydrogen-bond donors (Lipinski definition) is 1. The molecule has 1 N–H and O–H groups in total. The van der Waals surface area contributed by atoms with E-state index in [1.807, 2.05) is 19.0 Å². The third-order valence-corrected chi connectivity index (χ3v) is 4.88. The number of aliphatic hydroxyl groups excluding tert-OH is 1. The lowest BCUT2D eigenvalue weighted by Gasteiger charge is -2.25. The van der Waals surface area contributed by atoms with Crippen molar-refractivity contribution in [3.63, 3.8) is 0 Å². The van der Waals surface area contributed by atoms with E-state index in [0.717, 1.165) is 6.54 Å². The molecular weight excluding hydrogens is 370 g/mol. The van der Waals surface area contributed by atoms with Crippen LogP contribution in [-0.4, -0.2) is 65.9 Å². The van der Waals surface area contributed by atoms with Crippen LogP contribution in [0.25, 0.3) is 5.76 Å². The van der Waals surface area contributed by atoms with E-state index in [4.69, 9.17) is 4.74 Å². The first-order valence-corrected chi connectivity index (χ1v) is 9.42. The van der Waals surface area contributed by atoms with E-state index in [9.17, 15) is 14.7 Å². The zero-order chi connectivity index (χ0) is 21.0. The summed E-state index contributed by atoms with van der Waals surface area (Å²) in [5.41, 5.74) is 1.05. The van der Waals surface area contributed by atoms with Crippen LogP contribution in [0.15, 0.2) is 54.2 Å². The fourth-order valence-electron chi connectivity index (χ4n) is 3.42. The summed E-state index contributed by atoms with van der Waals surface area (Å²) < 4.78 is 5.14. The standard InChI is InChI=1S/C22H25N3O4/c1-24(2)13-6-14-25-19(17-7-4-5-12-23-17)18(21(27)22(25)28)20(26)15-8-10-16(29-3)11-9-15/h4-5,7-12,19,26H,6,13-14H2,1-3H3/b20-18-. The quantitative estimate of drug-likeness (QED) is 0.441. The largest absolute Gasteiger partial charge is 0.507 e. The van der Waals surface area contributed by atoms with Crippen molar-refractivity contribution < 1.29 is 19.4 Å². The molecule has 0 radical (unpaired) electrons. The smallest absolute Gasteiger partial charge is 0.295 e. The van der Waals surface area contributed by atoms with Gasteiger partial charge in [-0.1, -0.05) is 6.07 Å². The molecule has 2 heterocycles. The topological polar surface area (TPSA) is 83.0 Å². The van der Waals surface area contributed by atoms with E-state index < -0.39 is 17.7 Å². The van der Waals surface area contributed by atoms with Crippen molar-refractivity contribution in [1.82, 2.24) is 14.8 Å². The van der Waals surface area contributed by atoms with Gasteiger partial charge < -0.3 is 19.6 Å². The number of amides is 1. The fourth-order valence-corrected chi connectivity index (χ4v) is 3.42. The van der Waals surface area contributed by atoms with Gasteiger partial charge in [0.05, 0.1) is 18.4 Å². The first kappa shape index (κ1) is 20.5. The Hall–Kier alpha value is -3.19. The zero-order valence-electron chi connectivity index (χ0n) is 16.8. The first-order valence-electron chi connectivity index (χ1n) is 9.42. The molecule has 1 atom stereocenters. The molecule has 7 heteroatoms. The molecule has 1 aromatic carbocycles. The number of aliphatic hydroxyl groups is 1. The van der Waals surface area contributed by atoms with Crippen LogP contribution in [0.3, 0.4) is 0 Å². The number of benzene rings is 1. The second-order valence-corrected chi connectivity index (χ2v) is 7.13. The van der Waals surface area contributed by atoms with Gasteiger partial charge in [0.2, 0.25) is 0 Å². The molecule has 1 amide bonds. The molecule has 152 valence electrons. The van der Waals surface area contributed by atoms with E-state index in [2.05, 4.69) is 4.98 Å². The molecule has 0 spiro atoms. The van der Waals surface area contributed by atoms with E-state index in [1.165, 1.54) is 4.90 Å². The Kier molecular flexibility index (Phi) is 6.29. The van der Waals surface area contributed by atoms with Crippen molar-refractivity contribution in [3.05, 3.63) is 65.5 Å². The Morgan fingerprint density at radius 3 is 2.48 bits per heavy atom. The van der Waals surface area contributed by atoms with Crippen molar-refractivity contribution in [3.8, 4) is 5.75 Å². The molecule has 3 rings (SSSR count). The molecule has 1 unspecified atom stereocenters. The summed E-state index contributed by atoms with van der Waals surface area (Å²) in [6.07, 6.45) is 2.31. The number of carbonyl (C=O) groups excluding carboxylic acids is 2. The maximum absolute atomic E-state index is 12.9. The highest BCUT2D eigenvalue weighted by Gasteiger charge is 2.46. The maximum Gasteiger partial charge on any atom is 0.295 e. The van der Waals surface area contributed by atoms with Gasteiger partial charge in [-0.25, -0.2) is 0 Å². The van der Waals surface area contributed by atoms with Gasteiger partial charge in [-0.05, 0) is 63.5 Å². The lowest BCUT2D eigenvalue weighted by molar-refractivity contribution is -0.140. The Morgan fingerprint density at radius 1 is 1.17 bits per heavy atom. The Labute approximate surface area is 170 Å². The van der Waals surface area contributed by atoms with Crippen LogP contribution < -0.4 is 4.74 Å². The second-order valence-electron chi connectivity index (χ2n) is 7.13. The summed E-state index contributed by atoms with van der Waals surface area (Å²) in [4.78, 5) is 33.5. The number of methoxy groups -OCH3 is 1. The average Bonchev–Trinajstić information content (AvgIpc) is 2.98. The number of carbonyl (C=O) groups is 2. The van der Waals surface area contributed by atoms with Gasteiger partial charge in [-0.15, -0.1) is 0 Å². The summed E-state index contributed by atoms with van der Waals surface area (Å²) >= 11 is 0. The van der Waals surface area contributed by atoms with Gasteiger partial charge in [-0.2, -0.15) is 0 Å². The number of hydrogen-bond acceptors (Lipinski definition) is 6. The highest BCUT2D eigenvalue weighted by Crippen LogP contribution is 2.38. The van der Waals surface area contributed by atoms with Crippen molar-refractivity contribution in [2.24, 2.45) is 0 Å². The van der Waals surface area contributed by atoms with E-state index in [-0.39, 0.29) is 11.3 Å². The summed E-state index contributed by atoms with van der Waals surface area (Å²) in [6.45, 7) is 1.17. The van der Waals surface area contributed by atoms with E-state index in [1.54, 1.807) is 55.8 Å². The molecule has 29 heavy (non-hydrogen) atoms. The van der Waals surface area contributed by atoms with Crippen LogP contribution in [0.2, 0.25) is 0 Å². The van der Waals surface area contributed by atoms with Crippen LogP contribution in [0.5, 0.6) is 5.75 Å². The van der Waals surface area contributed by atoms with Crippen molar-refractivity contribution in [2.45, 2.75) is 12.5 Å². The van der Waals surface area contributed by atoms with Crippen LogP contribution in [0.4, 0.5) is 0 Å². The lowest BCUT2D eigenvalue weighted by Crippen LogP contribution is -2.32. The molecular formula is C22H25N3O4. The van der Waals surface area contributed by atoms with E-state index >= 15 is 0 Å². The highest BCUT2D eigenvalue weighted by atomic mass is 16.5. The van der Waals surface area contributed by atoms with Gasteiger partial charge in [0.1, 0.15) is 17.6 Å². The molecule has 1 fully saturated rings. The van der Waals surface area contributed by atoms with Gasteiger partial charge in [0.25, 0.3) is 11.7 Å². The number of rotatable bonds is 7. The zero-order valence-corrected chi connectivity index (χ0v) is 16.8. The monoisotopic (exact) mass is 395 g/mol. The molecule has 1 aliphatic rings. The summed E-state index contributed by atoms with van der Waals surface area (Å²) in [5, 5.41) is 10.9. The number of ketones is 1. The molecule has 0 saturated carbocycles. The number of aromatic nitrogens is 1. The third-order valence-electron chi connectivity index (χ3n) is 4.88. The van der Waals surface area contributed by atoms with Crippen molar-refractivity contribution >= 4 is 17.4 Å². The summed E-state index contributed by atoms with van der Waals surface area (Å²) in [6, 6.07) is 11.3. The molecule has 1 saturated heterocycles. The highest BCUT2D eigenvalue weighted by molar-refractivity contribution is 6.46. The minimum absolute atomic E-state index is 0.0590. The van der Waals surface area contributed by atoms with Crippen LogP contribution in [-0.2, 0) is 9.59 Å². The number of pyridine rings is 1. The van der Waals surface area contributed by atoms with Crippen LogP contribution in [0.1, 0.15) is 23.7 Å². The Balaban J connectivity index is 2.05. The summed E-state index contributed by atoms with van der Waals surface area (Å²) in [5.74, 6) is -0.892. The minimum Gasteiger partial charge on any atom is -0.507 e. The maximum atomic E-state index is 12.9. The lowest BCUT2D eigenvalue weighted by atomic mass is 9.98. The van der Waals surface area contributed by atoms with Gasteiger partial charge in [0, 0.05) is 18.3 Å². The van der Waals surface area contributed by atoms with Crippen molar-refractivity contribution in [1.29, 1.82) is 0 Å². The SMILES string of the molecule is COc1ccc(/C(O)=C2/C(=O)C(=O)N(CCCN(C)C)C2c2ccccn2)cc1. The van der Waals surface area contributed by atoms with Gasteiger partial charge in [0.15, 0.2) is 0 Å². The second kappa shape index (κ2) is 8.87. The Morgan fingerprint density at radius 2 is 1.90 bits per heavy atom. The molecule has 0 bridgehead atoms. The normalized spacial score (nSPS) is 18.5. The van der Waals surface area contributed by atoms with Gasteiger partial charge >= 0.3 is 0 Å². The molecule has 7 nitrogen and oxygen atoms in total. The third kappa shape index (κ3) is 4.30. The number of nitrogens with zero attached hydrogens (tertiary/aromatic N) is 3. The Bertz CT molecular complexity index is 907. The number of ether oxygens (including phenoxy) is 1. The molecule has 2 aromatic rings. The summed E-state index contributed by atoms with van der Waals surface area (Å²) in [7, 11) is 5.46. The number of likely N-dealkylation sites (tertiary alicyclic amines) is 1.